The minimum absolute atomic E-state index is 0.142. The fourth-order valence-electron chi connectivity index (χ4n) is 2.97. The third-order valence-corrected chi connectivity index (χ3v) is 5.22. The van der Waals surface area contributed by atoms with Crippen LogP contribution in [0.2, 0.25) is 0 Å². The monoisotopic (exact) mass is 266 g/mol. The third kappa shape index (κ3) is 2.35. The first-order valence-corrected chi connectivity index (χ1v) is 7.99. The Bertz CT molecular complexity index is 405. The van der Waals surface area contributed by atoms with Crippen LogP contribution in [0.1, 0.15) is 64.6 Å². The summed E-state index contributed by atoms with van der Waals surface area (Å²) in [6, 6.07) is 0. The molecular formula is C15H26N2S. The Labute approximate surface area is 115 Å². The number of hydrogen-bond acceptors (Lipinski definition) is 3. The molecule has 2 atom stereocenters. The average molecular weight is 266 g/mol. The van der Waals surface area contributed by atoms with Gasteiger partial charge in [-0.05, 0) is 25.3 Å². The van der Waals surface area contributed by atoms with E-state index in [0.29, 0.717) is 5.92 Å². The topological polar surface area (TPSA) is 24.9 Å². The predicted octanol–water partition coefficient (Wildman–Crippen LogP) is 4.07. The van der Waals surface area contributed by atoms with Gasteiger partial charge in [0.15, 0.2) is 0 Å². The quantitative estimate of drug-likeness (QED) is 0.892. The zero-order chi connectivity index (χ0) is 13.4. The maximum atomic E-state index is 4.96. The Kier molecular flexibility index (Phi) is 3.84. The van der Waals surface area contributed by atoms with Crippen LogP contribution >= 0.6 is 11.3 Å². The average Bonchev–Trinajstić information content (AvgIpc) is 2.86. The summed E-state index contributed by atoms with van der Waals surface area (Å²) < 4.78 is 0. The largest absolute Gasteiger partial charge is 0.305 e. The van der Waals surface area contributed by atoms with Crippen LogP contribution < -0.4 is 5.32 Å². The summed E-state index contributed by atoms with van der Waals surface area (Å²) in [4.78, 5) is 4.96. The van der Waals surface area contributed by atoms with Gasteiger partial charge in [-0.2, -0.15) is 0 Å². The maximum Gasteiger partial charge on any atom is 0.113 e. The van der Waals surface area contributed by atoms with Crippen molar-refractivity contribution >= 4 is 11.3 Å². The normalized spacial score (nSPS) is 28.8. The fourth-order valence-corrected chi connectivity index (χ4v) is 4.34. The van der Waals surface area contributed by atoms with Crippen LogP contribution in [-0.4, -0.2) is 11.5 Å². The van der Waals surface area contributed by atoms with Gasteiger partial charge in [0.05, 0.1) is 11.2 Å². The molecule has 2 rings (SSSR count). The molecule has 1 saturated carbocycles. The summed E-state index contributed by atoms with van der Waals surface area (Å²) in [5.74, 6) is 0.691. The Morgan fingerprint density at radius 3 is 2.67 bits per heavy atom. The van der Waals surface area contributed by atoms with E-state index in [1.807, 2.05) is 11.3 Å². The maximum absolute atomic E-state index is 4.96. The zero-order valence-electron chi connectivity index (χ0n) is 12.3. The van der Waals surface area contributed by atoms with Crippen molar-refractivity contribution in [3.63, 3.8) is 0 Å². The second kappa shape index (κ2) is 4.93. The zero-order valence-corrected chi connectivity index (χ0v) is 13.2. The van der Waals surface area contributed by atoms with Crippen molar-refractivity contribution < 1.29 is 0 Å². The molecule has 2 nitrogen and oxygen atoms in total. The van der Waals surface area contributed by atoms with Crippen LogP contribution in [0.5, 0.6) is 0 Å². The lowest BCUT2D eigenvalue weighted by Gasteiger charge is -2.33. The van der Waals surface area contributed by atoms with Crippen molar-refractivity contribution in [2.45, 2.75) is 64.8 Å². The number of nitrogens with one attached hydrogen (secondary N) is 1. The lowest BCUT2D eigenvalue weighted by Crippen LogP contribution is -2.44. The van der Waals surface area contributed by atoms with Gasteiger partial charge in [-0.3, -0.25) is 0 Å². The van der Waals surface area contributed by atoms with E-state index >= 15 is 0 Å². The number of rotatable bonds is 3. The Balaban J connectivity index is 2.35. The van der Waals surface area contributed by atoms with Crippen molar-refractivity contribution in [1.29, 1.82) is 0 Å². The van der Waals surface area contributed by atoms with Crippen LogP contribution in [0.4, 0.5) is 0 Å². The van der Waals surface area contributed by atoms with Crippen molar-refractivity contribution in [3.8, 4) is 0 Å². The predicted molar refractivity (Wildman–Crippen MR) is 79.2 cm³/mol. The second-order valence-electron chi connectivity index (χ2n) is 6.58. The van der Waals surface area contributed by atoms with E-state index in [1.165, 1.54) is 30.0 Å². The SMILES string of the molecule is CCNC1(c2nc(C(C)(C)C)cs2)CCCC1C. The molecule has 0 radical (unpaired) electrons. The Morgan fingerprint density at radius 1 is 1.50 bits per heavy atom. The lowest BCUT2D eigenvalue weighted by atomic mass is 9.88. The van der Waals surface area contributed by atoms with E-state index in [-0.39, 0.29) is 11.0 Å². The molecule has 1 aromatic rings. The molecule has 1 aliphatic rings. The van der Waals surface area contributed by atoms with Gasteiger partial charge in [0.2, 0.25) is 0 Å². The van der Waals surface area contributed by atoms with E-state index in [0.717, 1.165) is 6.54 Å². The highest BCUT2D eigenvalue weighted by molar-refractivity contribution is 7.09. The summed E-state index contributed by atoms with van der Waals surface area (Å²) in [5, 5.41) is 7.29. The standard InChI is InChI=1S/C15H26N2S/c1-6-16-15(9-7-8-11(15)2)13-17-12(10-18-13)14(3,4)5/h10-11,16H,6-9H2,1-5H3. The first-order chi connectivity index (χ1) is 8.40. The Morgan fingerprint density at radius 2 is 2.22 bits per heavy atom. The molecular weight excluding hydrogens is 240 g/mol. The summed E-state index contributed by atoms with van der Waals surface area (Å²) in [5.41, 5.74) is 1.53. The lowest BCUT2D eigenvalue weighted by molar-refractivity contribution is 0.266. The molecule has 0 aliphatic heterocycles. The first-order valence-electron chi connectivity index (χ1n) is 7.11. The van der Waals surface area contributed by atoms with Gasteiger partial charge in [-0.1, -0.05) is 41.0 Å². The van der Waals surface area contributed by atoms with Crippen molar-refractivity contribution in [1.82, 2.24) is 10.3 Å². The van der Waals surface area contributed by atoms with Gasteiger partial charge in [-0.25, -0.2) is 4.98 Å². The molecule has 1 aromatic heterocycles. The van der Waals surface area contributed by atoms with Crippen LogP contribution in [0.3, 0.4) is 0 Å². The highest BCUT2D eigenvalue weighted by atomic mass is 32.1. The number of aromatic nitrogens is 1. The van der Waals surface area contributed by atoms with Gasteiger partial charge >= 0.3 is 0 Å². The van der Waals surface area contributed by atoms with Crippen LogP contribution in [-0.2, 0) is 11.0 Å². The second-order valence-corrected chi connectivity index (χ2v) is 7.44. The van der Waals surface area contributed by atoms with Crippen molar-refractivity contribution in [2.75, 3.05) is 6.54 Å². The highest BCUT2D eigenvalue weighted by Crippen LogP contribution is 2.45. The molecule has 1 aliphatic carbocycles. The molecule has 0 bridgehead atoms. The number of hydrogen-bond donors (Lipinski definition) is 1. The Hall–Kier alpha value is -0.410. The van der Waals surface area contributed by atoms with Crippen LogP contribution in [0, 0.1) is 5.92 Å². The van der Waals surface area contributed by atoms with Gasteiger partial charge in [0, 0.05) is 10.8 Å². The first kappa shape index (κ1) is 14.0. The van der Waals surface area contributed by atoms with Crippen molar-refractivity contribution in [3.05, 3.63) is 16.1 Å². The minimum atomic E-state index is 0.142. The summed E-state index contributed by atoms with van der Waals surface area (Å²) >= 11 is 1.84. The van der Waals surface area contributed by atoms with Gasteiger partial charge in [-0.15, -0.1) is 11.3 Å². The smallest absolute Gasteiger partial charge is 0.113 e. The summed E-state index contributed by atoms with van der Waals surface area (Å²) in [7, 11) is 0. The molecule has 1 N–H and O–H groups in total. The van der Waals surface area contributed by atoms with Gasteiger partial charge in [0.1, 0.15) is 5.01 Å². The van der Waals surface area contributed by atoms with E-state index in [2.05, 4.69) is 45.3 Å². The van der Waals surface area contributed by atoms with E-state index in [4.69, 9.17) is 4.98 Å². The third-order valence-electron chi connectivity index (χ3n) is 4.20. The minimum Gasteiger partial charge on any atom is -0.305 e. The summed E-state index contributed by atoms with van der Waals surface area (Å²) in [6.45, 7) is 12.3. The fraction of sp³-hybridized carbons (Fsp3) is 0.800. The van der Waals surface area contributed by atoms with E-state index in [1.54, 1.807) is 0 Å². The van der Waals surface area contributed by atoms with Crippen LogP contribution in [0.25, 0.3) is 0 Å². The molecule has 1 heterocycles. The highest BCUT2D eigenvalue weighted by Gasteiger charge is 2.43. The molecule has 2 unspecified atom stereocenters. The number of nitrogens with zero attached hydrogens (tertiary/aromatic N) is 1. The van der Waals surface area contributed by atoms with E-state index < -0.39 is 0 Å². The molecule has 0 amide bonds. The molecule has 102 valence electrons. The van der Waals surface area contributed by atoms with Crippen LogP contribution in [0.15, 0.2) is 5.38 Å². The van der Waals surface area contributed by atoms with E-state index in [9.17, 15) is 0 Å². The molecule has 18 heavy (non-hydrogen) atoms. The van der Waals surface area contributed by atoms with Gasteiger partial charge in [0.25, 0.3) is 0 Å². The van der Waals surface area contributed by atoms with Gasteiger partial charge < -0.3 is 5.32 Å². The molecule has 0 aromatic carbocycles. The molecule has 0 spiro atoms. The molecule has 3 heteroatoms. The number of thiazole rings is 1. The molecule has 1 fully saturated rings. The summed E-state index contributed by atoms with van der Waals surface area (Å²) in [6.07, 6.45) is 3.87. The van der Waals surface area contributed by atoms with Crippen molar-refractivity contribution in [2.24, 2.45) is 5.92 Å². The molecule has 0 saturated heterocycles.